The number of thioether (sulfide) groups is 1. The average Bonchev–Trinajstić information content (AvgIpc) is 2.12. The quantitative estimate of drug-likeness (QED) is 0.747. The number of carbonyl (C=O) groups excluding carboxylic acids is 1. The largest absolute Gasteiger partial charge is 0.329 e. The Labute approximate surface area is 112 Å². The molecule has 94 valence electrons. The minimum absolute atomic E-state index is 0.0427. The van der Waals surface area contributed by atoms with Crippen LogP contribution in [-0.2, 0) is 0 Å². The standard InChI is InChI=1S/C11H19Cl2NOS/c1-7(2)14(8(3)4)11(15)16-6-10(13)9(5)12/h7-8H,6H2,1-5H3. The van der Waals surface area contributed by atoms with E-state index in [4.69, 9.17) is 23.2 Å². The molecule has 0 heterocycles. The van der Waals surface area contributed by atoms with Crippen LogP contribution in [0.15, 0.2) is 10.1 Å². The fourth-order valence-corrected chi connectivity index (χ4v) is 2.66. The number of carbonyl (C=O) groups is 1. The van der Waals surface area contributed by atoms with Gasteiger partial charge in [0.25, 0.3) is 5.24 Å². The minimum Gasteiger partial charge on any atom is -0.329 e. The number of nitrogens with zero attached hydrogens (tertiary/aromatic N) is 1. The molecule has 0 fully saturated rings. The van der Waals surface area contributed by atoms with E-state index in [1.165, 1.54) is 11.8 Å². The van der Waals surface area contributed by atoms with E-state index in [9.17, 15) is 4.79 Å². The van der Waals surface area contributed by atoms with E-state index in [0.717, 1.165) is 0 Å². The normalized spacial score (nSPS) is 13.1. The fraction of sp³-hybridized carbons (Fsp3) is 0.727. The van der Waals surface area contributed by atoms with Gasteiger partial charge in [-0.2, -0.15) is 0 Å². The molecule has 0 aliphatic carbocycles. The molecule has 0 bridgehead atoms. The van der Waals surface area contributed by atoms with Gasteiger partial charge in [-0.1, -0.05) is 35.0 Å². The molecule has 0 unspecified atom stereocenters. The predicted octanol–water partition coefficient (Wildman–Crippen LogP) is 4.67. The summed E-state index contributed by atoms with van der Waals surface area (Å²) in [6, 6.07) is 0.389. The first-order valence-corrected chi connectivity index (χ1v) is 6.97. The third-order valence-electron chi connectivity index (χ3n) is 2.02. The van der Waals surface area contributed by atoms with Crippen LogP contribution in [0.5, 0.6) is 0 Å². The third-order valence-corrected chi connectivity index (χ3v) is 3.81. The summed E-state index contributed by atoms with van der Waals surface area (Å²) in [4.78, 5) is 13.7. The summed E-state index contributed by atoms with van der Waals surface area (Å²) in [6.07, 6.45) is 0. The zero-order chi connectivity index (χ0) is 12.9. The van der Waals surface area contributed by atoms with E-state index in [1.807, 2.05) is 32.6 Å². The molecule has 0 aromatic heterocycles. The molecular weight excluding hydrogens is 265 g/mol. The lowest BCUT2D eigenvalue weighted by Crippen LogP contribution is -2.39. The maximum Gasteiger partial charge on any atom is 0.282 e. The molecule has 2 nitrogen and oxygen atoms in total. The summed E-state index contributed by atoms with van der Waals surface area (Å²) in [6.45, 7) is 9.73. The van der Waals surface area contributed by atoms with E-state index >= 15 is 0 Å². The highest BCUT2D eigenvalue weighted by atomic mass is 35.5. The van der Waals surface area contributed by atoms with E-state index < -0.39 is 0 Å². The number of amides is 1. The van der Waals surface area contributed by atoms with E-state index in [-0.39, 0.29) is 17.3 Å². The molecule has 0 saturated heterocycles. The van der Waals surface area contributed by atoms with Crippen LogP contribution < -0.4 is 0 Å². The van der Waals surface area contributed by atoms with Crippen molar-refractivity contribution in [3.05, 3.63) is 10.1 Å². The molecule has 0 aromatic rings. The van der Waals surface area contributed by atoms with Crippen LogP contribution in [0.2, 0.25) is 0 Å². The Morgan fingerprint density at radius 3 is 1.94 bits per heavy atom. The van der Waals surface area contributed by atoms with E-state index in [1.54, 1.807) is 6.92 Å². The van der Waals surface area contributed by atoms with Crippen molar-refractivity contribution in [1.82, 2.24) is 4.90 Å². The molecular formula is C11H19Cl2NOS. The van der Waals surface area contributed by atoms with Crippen LogP contribution in [0.1, 0.15) is 34.6 Å². The number of hydrogen-bond acceptors (Lipinski definition) is 2. The van der Waals surface area contributed by atoms with Crippen molar-refractivity contribution in [2.24, 2.45) is 0 Å². The average molecular weight is 284 g/mol. The zero-order valence-electron chi connectivity index (χ0n) is 10.4. The molecule has 0 radical (unpaired) electrons. The lowest BCUT2D eigenvalue weighted by molar-refractivity contribution is 0.190. The number of allylic oxidation sites excluding steroid dienone is 1. The van der Waals surface area contributed by atoms with Gasteiger partial charge in [-0.15, -0.1) is 0 Å². The van der Waals surface area contributed by atoms with Crippen molar-refractivity contribution >= 4 is 40.2 Å². The van der Waals surface area contributed by atoms with Crippen molar-refractivity contribution in [1.29, 1.82) is 0 Å². The Morgan fingerprint density at radius 1 is 1.19 bits per heavy atom. The molecule has 5 heteroatoms. The van der Waals surface area contributed by atoms with Crippen LogP contribution in [0, 0.1) is 0 Å². The molecule has 0 atom stereocenters. The van der Waals surface area contributed by atoms with Crippen LogP contribution in [0.4, 0.5) is 4.79 Å². The van der Waals surface area contributed by atoms with Crippen molar-refractivity contribution < 1.29 is 4.79 Å². The second-order valence-electron chi connectivity index (χ2n) is 4.09. The Bertz CT molecular complexity index is 265. The molecule has 0 N–H and O–H groups in total. The number of halogens is 2. The maximum absolute atomic E-state index is 11.9. The molecule has 0 rings (SSSR count). The molecule has 0 saturated carbocycles. The molecule has 0 aliphatic heterocycles. The van der Waals surface area contributed by atoms with Crippen molar-refractivity contribution in [2.75, 3.05) is 5.75 Å². The SMILES string of the molecule is CC(Cl)=C(Cl)CSC(=O)N(C(C)C)C(C)C. The molecule has 0 spiro atoms. The molecule has 1 amide bonds. The third kappa shape index (κ3) is 5.46. The van der Waals surface area contributed by atoms with Crippen LogP contribution >= 0.6 is 35.0 Å². The van der Waals surface area contributed by atoms with Gasteiger partial charge in [0.15, 0.2) is 0 Å². The summed E-state index contributed by atoms with van der Waals surface area (Å²) in [7, 11) is 0. The van der Waals surface area contributed by atoms with Gasteiger partial charge in [-0.05, 0) is 34.6 Å². The first-order valence-electron chi connectivity index (χ1n) is 5.23. The van der Waals surface area contributed by atoms with Crippen LogP contribution in [0.25, 0.3) is 0 Å². The lowest BCUT2D eigenvalue weighted by atomic mass is 10.2. The first-order chi connectivity index (χ1) is 7.27. The van der Waals surface area contributed by atoms with Gasteiger partial charge >= 0.3 is 0 Å². The van der Waals surface area contributed by atoms with Crippen molar-refractivity contribution in [2.45, 2.75) is 46.7 Å². The smallest absolute Gasteiger partial charge is 0.282 e. The Balaban J connectivity index is 4.40. The highest BCUT2D eigenvalue weighted by molar-refractivity contribution is 8.13. The van der Waals surface area contributed by atoms with Crippen molar-refractivity contribution in [3.8, 4) is 0 Å². The van der Waals surface area contributed by atoms with Crippen LogP contribution in [0.3, 0.4) is 0 Å². The summed E-state index contributed by atoms with van der Waals surface area (Å²) >= 11 is 12.8. The van der Waals surface area contributed by atoms with Gasteiger partial charge in [-0.25, -0.2) is 0 Å². The van der Waals surface area contributed by atoms with E-state index in [2.05, 4.69) is 0 Å². The maximum atomic E-state index is 11.9. The summed E-state index contributed by atoms with van der Waals surface area (Å²) in [5.41, 5.74) is 0. The number of hydrogen-bond donors (Lipinski definition) is 0. The summed E-state index contributed by atoms with van der Waals surface area (Å²) in [5, 5.41) is 1.12. The predicted molar refractivity (Wildman–Crippen MR) is 74.4 cm³/mol. The summed E-state index contributed by atoms with van der Waals surface area (Å²) < 4.78 is 0. The highest BCUT2D eigenvalue weighted by Gasteiger charge is 2.20. The topological polar surface area (TPSA) is 20.3 Å². The van der Waals surface area contributed by atoms with Crippen LogP contribution in [-0.4, -0.2) is 28.0 Å². The van der Waals surface area contributed by atoms with Gasteiger partial charge in [-0.3, -0.25) is 4.79 Å². The highest BCUT2D eigenvalue weighted by Crippen LogP contribution is 2.22. The van der Waals surface area contributed by atoms with E-state index in [0.29, 0.717) is 15.8 Å². The second-order valence-corrected chi connectivity index (χ2v) is 6.04. The monoisotopic (exact) mass is 283 g/mol. The molecule has 0 aromatic carbocycles. The zero-order valence-corrected chi connectivity index (χ0v) is 12.7. The first kappa shape index (κ1) is 16.1. The Hall–Kier alpha value is 0.140. The van der Waals surface area contributed by atoms with Gasteiger partial charge in [0.2, 0.25) is 0 Å². The fourth-order valence-electron chi connectivity index (χ4n) is 1.32. The van der Waals surface area contributed by atoms with Crippen molar-refractivity contribution in [3.63, 3.8) is 0 Å². The van der Waals surface area contributed by atoms with Gasteiger partial charge < -0.3 is 4.90 Å². The molecule has 0 aliphatic rings. The van der Waals surface area contributed by atoms with Gasteiger partial charge in [0.1, 0.15) is 0 Å². The summed E-state index contributed by atoms with van der Waals surface area (Å²) in [5.74, 6) is 0.436. The lowest BCUT2D eigenvalue weighted by Gasteiger charge is -2.30. The van der Waals surface area contributed by atoms with Gasteiger partial charge in [0.05, 0.1) is 0 Å². The van der Waals surface area contributed by atoms with Gasteiger partial charge in [0, 0.05) is 27.9 Å². The molecule has 16 heavy (non-hydrogen) atoms. The minimum atomic E-state index is 0.0427. The second kappa shape index (κ2) is 7.46. The number of rotatable bonds is 4. The Morgan fingerprint density at radius 2 is 1.62 bits per heavy atom. The Kier molecular flexibility index (Phi) is 7.53.